The van der Waals surface area contributed by atoms with Gasteiger partial charge in [-0.25, -0.2) is 0 Å². The third-order valence-electron chi connectivity index (χ3n) is 4.95. The van der Waals surface area contributed by atoms with Gasteiger partial charge in [-0.3, -0.25) is 4.90 Å². The van der Waals surface area contributed by atoms with Gasteiger partial charge in [0.15, 0.2) is 0 Å². The van der Waals surface area contributed by atoms with Gasteiger partial charge < -0.3 is 5.11 Å². The number of hydrogen-bond acceptors (Lipinski definition) is 2. The Morgan fingerprint density at radius 3 is 2.35 bits per heavy atom. The van der Waals surface area contributed by atoms with E-state index in [1.54, 1.807) is 0 Å². The van der Waals surface area contributed by atoms with Crippen LogP contribution < -0.4 is 0 Å². The van der Waals surface area contributed by atoms with E-state index in [0.717, 1.165) is 36.5 Å². The lowest BCUT2D eigenvalue weighted by molar-refractivity contribution is -0.0269. The number of nitrogens with zero attached hydrogens (tertiary/aromatic N) is 1. The molecule has 1 aromatic carbocycles. The SMILES string of the molecule is CCC(CC)(C(O)Cc1ccccc1Cl)N1CCCC1. The van der Waals surface area contributed by atoms with Gasteiger partial charge in [0, 0.05) is 17.0 Å². The van der Waals surface area contributed by atoms with Crippen LogP contribution in [0.5, 0.6) is 0 Å². The lowest BCUT2D eigenvalue weighted by Gasteiger charge is -2.44. The van der Waals surface area contributed by atoms with Gasteiger partial charge in [-0.15, -0.1) is 0 Å². The van der Waals surface area contributed by atoms with E-state index in [1.807, 2.05) is 24.3 Å². The quantitative estimate of drug-likeness (QED) is 0.860. The number of aliphatic hydroxyl groups is 1. The second-order valence-corrected chi connectivity index (χ2v) is 6.22. The predicted octanol–water partition coefficient (Wildman–Crippen LogP) is 3.90. The number of benzene rings is 1. The van der Waals surface area contributed by atoms with Crippen LogP contribution in [0.1, 0.15) is 45.1 Å². The minimum atomic E-state index is -0.365. The van der Waals surface area contributed by atoms with Gasteiger partial charge in [-0.2, -0.15) is 0 Å². The van der Waals surface area contributed by atoms with Crippen molar-refractivity contribution >= 4 is 11.6 Å². The van der Waals surface area contributed by atoms with E-state index in [4.69, 9.17) is 11.6 Å². The minimum absolute atomic E-state index is 0.102. The third-order valence-corrected chi connectivity index (χ3v) is 5.32. The van der Waals surface area contributed by atoms with Crippen LogP contribution in [0.15, 0.2) is 24.3 Å². The summed E-state index contributed by atoms with van der Waals surface area (Å²) in [6.45, 7) is 6.61. The summed E-state index contributed by atoms with van der Waals surface area (Å²) in [5.41, 5.74) is 0.947. The van der Waals surface area contributed by atoms with Crippen LogP contribution in [-0.4, -0.2) is 34.7 Å². The van der Waals surface area contributed by atoms with Gasteiger partial charge in [-0.05, 0) is 50.4 Å². The average Bonchev–Trinajstić information content (AvgIpc) is 2.98. The van der Waals surface area contributed by atoms with Crippen molar-refractivity contribution < 1.29 is 5.11 Å². The maximum atomic E-state index is 10.9. The number of aliphatic hydroxyl groups excluding tert-OH is 1. The molecule has 0 bridgehead atoms. The molecule has 1 aromatic rings. The molecule has 2 rings (SSSR count). The topological polar surface area (TPSA) is 23.5 Å². The lowest BCUT2D eigenvalue weighted by Crippen LogP contribution is -2.55. The number of rotatable bonds is 6. The Kier molecular flexibility index (Phi) is 5.48. The smallest absolute Gasteiger partial charge is 0.0764 e. The summed E-state index contributed by atoms with van der Waals surface area (Å²) in [5.74, 6) is 0. The lowest BCUT2D eigenvalue weighted by atomic mass is 9.82. The summed E-state index contributed by atoms with van der Waals surface area (Å²) in [6.07, 6.45) is 4.74. The fourth-order valence-corrected chi connectivity index (χ4v) is 3.82. The third kappa shape index (κ3) is 3.03. The number of halogens is 1. The van der Waals surface area contributed by atoms with Crippen molar-refractivity contribution in [2.24, 2.45) is 0 Å². The van der Waals surface area contributed by atoms with Crippen LogP contribution in [0.2, 0.25) is 5.02 Å². The van der Waals surface area contributed by atoms with Gasteiger partial charge in [0.05, 0.1) is 6.10 Å². The number of hydrogen-bond donors (Lipinski definition) is 1. The Balaban J connectivity index is 2.18. The molecule has 20 heavy (non-hydrogen) atoms. The first-order chi connectivity index (χ1) is 9.64. The highest BCUT2D eigenvalue weighted by molar-refractivity contribution is 6.31. The van der Waals surface area contributed by atoms with E-state index in [2.05, 4.69) is 18.7 Å². The monoisotopic (exact) mass is 295 g/mol. The van der Waals surface area contributed by atoms with Crippen LogP contribution >= 0.6 is 11.6 Å². The van der Waals surface area contributed by atoms with Gasteiger partial charge in [-0.1, -0.05) is 43.6 Å². The minimum Gasteiger partial charge on any atom is -0.391 e. The average molecular weight is 296 g/mol. The Labute approximate surface area is 127 Å². The predicted molar refractivity (Wildman–Crippen MR) is 85.3 cm³/mol. The van der Waals surface area contributed by atoms with Crippen LogP contribution in [0.3, 0.4) is 0 Å². The second kappa shape index (κ2) is 6.93. The Morgan fingerprint density at radius 1 is 1.20 bits per heavy atom. The van der Waals surface area contributed by atoms with E-state index in [9.17, 15) is 5.11 Å². The molecule has 1 unspecified atom stereocenters. The molecule has 0 radical (unpaired) electrons. The summed E-state index contributed by atoms with van der Waals surface area (Å²) >= 11 is 6.24. The van der Waals surface area contributed by atoms with Crippen molar-refractivity contribution in [3.8, 4) is 0 Å². The molecule has 2 nitrogen and oxygen atoms in total. The molecule has 1 heterocycles. The first-order valence-electron chi connectivity index (χ1n) is 7.80. The van der Waals surface area contributed by atoms with Crippen molar-refractivity contribution in [1.82, 2.24) is 4.90 Å². The summed E-state index contributed by atoms with van der Waals surface area (Å²) in [7, 11) is 0. The highest BCUT2D eigenvalue weighted by Gasteiger charge is 2.41. The summed E-state index contributed by atoms with van der Waals surface area (Å²) in [5, 5.41) is 11.7. The maximum absolute atomic E-state index is 10.9. The standard InChI is InChI=1S/C17H26ClNO/c1-3-17(4-2,19-11-7-8-12-19)16(20)13-14-9-5-6-10-15(14)18/h5-6,9-10,16,20H,3-4,7-8,11-13H2,1-2H3. The fraction of sp³-hybridized carbons (Fsp3) is 0.647. The van der Waals surface area contributed by atoms with Gasteiger partial charge in [0.1, 0.15) is 0 Å². The summed E-state index contributed by atoms with van der Waals surface area (Å²) in [6, 6.07) is 7.85. The molecule has 112 valence electrons. The largest absolute Gasteiger partial charge is 0.391 e. The second-order valence-electron chi connectivity index (χ2n) is 5.82. The summed E-state index contributed by atoms with van der Waals surface area (Å²) in [4.78, 5) is 2.49. The zero-order chi connectivity index (χ0) is 14.6. The number of likely N-dealkylation sites (tertiary alicyclic amines) is 1. The molecule has 1 N–H and O–H groups in total. The highest BCUT2D eigenvalue weighted by Crippen LogP contribution is 2.33. The van der Waals surface area contributed by atoms with Crippen LogP contribution in [0.25, 0.3) is 0 Å². The van der Waals surface area contributed by atoms with Crippen LogP contribution in [-0.2, 0) is 6.42 Å². The fourth-order valence-electron chi connectivity index (χ4n) is 3.60. The van der Waals surface area contributed by atoms with Gasteiger partial charge in [0.25, 0.3) is 0 Å². The van der Waals surface area contributed by atoms with E-state index < -0.39 is 0 Å². The van der Waals surface area contributed by atoms with Crippen molar-refractivity contribution in [2.45, 2.75) is 57.6 Å². The van der Waals surface area contributed by atoms with Crippen molar-refractivity contribution in [2.75, 3.05) is 13.1 Å². The normalized spacial score (nSPS) is 18.4. The van der Waals surface area contributed by atoms with Crippen LogP contribution in [0, 0.1) is 0 Å². The molecule has 1 saturated heterocycles. The molecular formula is C17H26ClNO. The van der Waals surface area contributed by atoms with E-state index in [1.165, 1.54) is 12.8 Å². The summed E-state index contributed by atoms with van der Waals surface area (Å²) < 4.78 is 0. The Bertz CT molecular complexity index is 425. The molecule has 1 aliphatic rings. The molecule has 1 atom stereocenters. The van der Waals surface area contributed by atoms with Crippen molar-refractivity contribution in [1.29, 1.82) is 0 Å². The zero-order valence-corrected chi connectivity index (χ0v) is 13.4. The Hall–Kier alpha value is -0.570. The van der Waals surface area contributed by atoms with Gasteiger partial charge in [0.2, 0.25) is 0 Å². The van der Waals surface area contributed by atoms with E-state index >= 15 is 0 Å². The molecule has 1 aliphatic heterocycles. The molecule has 0 saturated carbocycles. The van der Waals surface area contributed by atoms with E-state index in [-0.39, 0.29) is 11.6 Å². The van der Waals surface area contributed by atoms with Crippen LogP contribution in [0.4, 0.5) is 0 Å². The molecule has 0 amide bonds. The first kappa shape index (κ1) is 15.8. The molecule has 0 spiro atoms. The zero-order valence-electron chi connectivity index (χ0n) is 12.6. The molecule has 1 fully saturated rings. The van der Waals surface area contributed by atoms with Gasteiger partial charge >= 0.3 is 0 Å². The Morgan fingerprint density at radius 2 is 1.80 bits per heavy atom. The molecule has 0 aliphatic carbocycles. The molecule has 3 heteroatoms. The van der Waals surface area contributed by atoms with E-state index in [0.29, 0.717) is 6.42 Å². The van der Waals surface area contributed by atoms with Crippen molar-refractivity contribution in [3.63, 3.8) is 0 Å². The first-order valence-corrected chi connectivity index (χ1v) is 8.18. The molecular weight excluding hydrogens is 270 g/mol. The van der Waals surface area contributed by atoms with Crippen molar-refractivity contribution in [3.05, 3.63) is 34.9 Å². The maximum Gasteiger partial charge on any atom is 0.0764 e. The molecule has 0 aromatic heterocycles. The highest BCUT2D eigenvalue weighted by atomic mass is 35.5.